The Balaban J connectivity index is 4.51. The lowest BCUT2D eigenvalue weighted by atomic mass is 10.2. The van der Waals surface area contributed by atoms with Crippen molar-refractivity contribution in [3.05, 3.63) is 0 Å². The number of hydrogen-bond donors (Lipinski definition) is 3. The monoisotopic (exact) mass is 236 g/mol. The molecule has 0 saturated carbocycles. The van der Waals surface area contributed by atoms with Crippen LogP contribution in [0, 0.1) is 0 Å². The van der Waals surface area contributed by atoms with E-state index in [2.05, 4.69) is 4.74 Å². The van der Waals surface area contributed by atoms with Crippen LogP contribution in [0.15, 0.2) is 0 Å². The van der Waals surface area contributed by atoms with Gasteiger partial charge in [0.15, 0.2) is 0 Å². The molecule has 0 saturated heterocycles. The minimum Gasteiger partial charge on any atom is -0.477 e. The van der Waals surface area contributed by atoms with Gasteiger partial charge in [-0.2, -0.15) is 11.8 Å². The molecule has 15 heavy (non-hydrogen) atoms. The maximum absolute atomic E-state index is 11.1. The number of esters is 1. The number of carboxylic acids is 1. The Kier molecular flexibility index (Phi) is 5.63. The summed E-state index contributed by atoms with van der Waals surface area (Å²) in [5, 5.41) is 8.84. The summed E-state index contributed by atoms with van der Waals surface area (Å²) < 4.78 is 4.66. The summed E-state index contributed by atoms with van der Waals surface area (Å²) in [4.78, 5) is 22.0. The SMILES string of the molecule is CSCC[C@@](N)(OC(=O)[C@@H](C)N)C(=O)O. The highest BCUT2D eigenvalue weighted by Crippen LogP contribution is 2.13. The molecule has 7 heteroatoms. The van der Waals surface area contributed by atoms with E-state index >= 15 is 0 Å². The second kappa shape index (κ2) is 5.94. The second-order valence-electron chi connectivity index (χ2n) is 3.15. The summed E-state index contributed by atoms with van der Waals surface area (Å²) >= 11 is 1.42. The minimum atomic E-state index is -1.98. The van der Waals surface area contributed by atoms with Crippen LogP contribution in [0.1, 0.15) is 13.3 Å². The number of thioether (sulfide) groups is 1. The molecule has 0 aromatic heterocycles. The predicted octanol–water partition coefficient (Wildman–Crippen LogP) is -0.630. The number of carboxylic acid groups (broad SMARTS) is 1. The fourth-order valence-corrected chi connectivity index (χ4v) is 1.24. The predicted molar refractivity (Wildman–Crippen MR) is 57.3 cm³/mol. The molecule has 0 spiro atoms. The average Bonchev–Trinajstić information content (AvgIpc) is 2.14. The number of carbonyl (C=O) groups excluding carboxylic acids is 1. The summed E-state index contributed by atoms with van der Waals surface area (Å²) in [6.45, 7) is 1.40. The van der Waals surface area contributed by atoms with Gasteiger partial charge in [-0.15, -0.1) is 0 Å². The molecule has 0 radical (unpaired) electrons. The Morgan fingerprint density at radius 3 is 2.47 bits per heavy atom. The number of aliphatic carboxylic acids is 1. The first-order valence-electron chi connectivity index (χ1n) is 4.33. The molecule has 0 aliphatic carbocycles. The maximum Gasteiger partial charge on any atom is 0.363 e. The lowest BCUT2D eigenvalue weighted by Gasteiger charge is -2.25. The van der Waals surface area contributed by atoms with Gasteiger partial charge in [0.05, 0.1) is 0 Å². The van der Waals surface area contributed by atoms with Crippen LogP contribution in [0.2, 0.25) is 0 Å². The molecular weight excluding hydrogens is 220 g/mol. The van der Waals surface area contributed by atoms with Crippen molar-refractivity contribution in [2.75, 3.05) is 12.0 Å². The van der Waals surface area contributed by atoms with Crippen molar-refractivity contribution in [3.8, 4) is 0 Å². The van der Waals surface area contributed by atoms with E-state index in [1.165, 1.54) is 18.7 Å². The fourth-order valence-electron chi connectivity index (χ4n) is 0.728. The standard InChI is InChI=1S/C8H16N2O4S/c1-5(9)6(11)14-8(10,7(12)13)3-4-15-2/h5H,3-4,9-10H2,1-2H3,(H,12,13)/t5-,8-/m1/s1. The van der Waals surface area contributed by atoms with Gasteiger partial charge in [-0.1, -0.05) is 0 Å². The third-order valence-corrected chi connectivity index (χ3v) is 2.31. The minimum absolute atomic E-state index is 0.0436. The molecule has 0 unspecified atom stereocenters. The van der Waals surface area contributed by atoms with Gasteiger partial charge >= 0.3 is 11.9 Å². The van der Waals surface area contributed by atoms with Crippen molar-refractivity contribution in [2.45, 2.75) is 25.1 Å². The Hall–Kier alpha value is -0.790. The van der Waals surface area contributed by atoms with Gasteiger partial charge < -0.3 is 15.6 Å². The molecule has 5 N–H and O–H groups in total. The normalized spacial score (nSPS) is 16.5. The van der Waals surface area contributed by atoms with Crippen LogP contribution in [0.25, 0.3) is 0 Å². The van der Waals surface area contributed by atoms with Crippen LogP contribution >= 0.6 is 11.8 Å². The van der Waals surface area contributed by atoms with Crippen molar-refractivity contribution < 1.29 is 19.4 Å². The topological polar surface area (TPSA) is 116 Å². The lowest BCUT2D eigenvalue weighted by Crippen LogP contribution is -2.54. The molecule has 0 fully saturated rings. The Morgan fingerprint density at radius 2 is 2.13 bits per heavy atom. The first kappa shape index (κ1) is 14.2. The highest BCUT2D eigenvalue weighted by molar-refractivity contribution is 7.98. The quantitative estimate of drug-likeness (QED) is 0.415. The van der Waals surface area contributed by atoms with Crippen LogP contribution in [0.4, 0.5) is 0 Å². The third kappa shape index (κ3) is 4.50. The van der Waals surface area contributed by atoms with E-state index in [0.717, 1.165) is 0 Å². The van der Waals surface area contributed by atoms with Gasteiger partial charge in [0.1, 0.15) is 6.04 Å². The summed E-state index contributed by atoms with van der Waals surface area (Å²) in [5.41, 5.74) is 8.72. The molecule has 0 rings (SSSR count). The second-order valence-corrected chi connectivity index (χ2v) is 4.13. The molecule has 0 amide bonds. The molecule has 88 valence electrons. The zero-order valence-electron chi connectivity index (χ0n) is 8.73. The largest absolute Gasteiger partial charge is 0.477 e. The lowest BCUT2D eigenvalue weighted by molar-refractivity contribution is -0.179. The van der Waals surface area contributed by atoms with Crippen LogP contribution in [-0.2, 0) is 14.3 Å². The van der Waals surface area contributed by atoms with Crippen LogP contribution in [0.5, 0.6) is 0 Å². The van der Waals surface area contributed by atoms with E-state index in [0.29, 0.717) is 5.75 Å². The molecule has 6 nitrogen and oxygen atoms in total. The van der Waals surface area contributed by atoms with E-state index in [1.807, 2.05) is 0 Å². The summed E-state index contributed by atoms with van der Waals surface area (Å²) in [6, 6.07) is -0.887. The molecular formula is C8H16N2O4S. The van der Waals surface area contributed by atoms with Crippen LogP contribution in [-0.4, -0.2) is 40.8 Å². The molecule has 0 aromatic carbocycles. The van der Waals surface area contributed by atoms with Crippen LogP contribution in [0.3, 0.4) is 0 Å². The maximum atomic E-state index is 11.1. The van der Waals surface area contributed by atoms with Crippen molar-refractivity contribution >= 4 is 23.7 Å². The summed E-state index contributed by atoms with van der Waals surface area (Å²) in [7, 11) is 0. The molecule has 2 atom stereocenters. The van der Waals surface area contributed by atoms with Gasteiger partial charge in [0.25, 0.3) is 5.72 Å². The van der Waals surface area contributed by atoms with E-state index in [9.17, 15) is 9.59 Å². The van der Waals surface area contributed by atoms with Crippen molar-refractivity contribution in [1.29, 1.82) is 0 Å². The molecule has 0 aliphatic heterocycles. The van der Waals surface area contributed by atoms with Gasteiger partial charge in [0.2, 0.25) is 0 Å². The molecule has 0 heterocycles. The Labute approximate surface area is 92.3 Å². The van der Waals surface area contributed by atoms with Gasteiger partial charge in [-0.05, 0) is 18.9 Å². The van der Waals surface area contributed by atoms with Gasteiger partial charge in [0, 0.05) is 6.42 Å². The van der Waals surface area contributed by atoms with Gasteiger partial charge in [-0.3, -0.25) is 10.5 Å². The number of carbonyl (C=O) groups is 2. The highest BCUT2D eigenvalue weighted by Gasteiger charge is 2.38. The van der Waals surface area contributed by atoms with E-state index < -0.39 is 23.7 Å². The molecule has 0 bridgehead atoms. The summed E-state index contributed by atoms with van der Waals surface area (Å²) in [5.74, 6) is -1.71. The number of ether oxygens (including phenoxy) is 1. The Morgan fingerprint density at radius 1 is 1.60 bits per heavy atom. The highest BCUT2D eigenvalue weighted by atomic mass is 32.2. The number of hydrogen-bond acceptors (Lipinski definition) is 6. The Bertz CT molecular complexity index is 247. The molecule has 0 aliphatic rings. The van der Waals surface area contributed by atoms with E-state index in [-0.39, 0.29) is 6.42 Å². The summed E-state index contributed by atoms with van der Waals surface area (Å²) in [6.07, 6.45) is 1.84. The van der Waals surface area contributed by atoms with Crippen molar-refractivity contribution in [1.82, 2.24) is 0 Å². The first-order valence-corrected chi connectivity index (χ1v) is 5.72. The van der Waals surface area contributed by atoms with Crippen LogP contribution < -0.4 is 11.5 Å². The van der Waals surface area contributed by atoms with Gasteiger partial charge in [-0.25, -0.2) is 4.79 Å². The zero-order chi connectivity index (χ0) is 12.1. The van der Waals surface area contributed by atoms with Crippen molar-refractivity contribution in [2.24, 2.45) is 11.5 Å². The number of nitrogens with two attached hydrogens (primary N) is 2. The fraction of sp³-hybridized carbons (Fsp3) is 0.750. The third-order valence-electron chi connectivity index (χ3n) is 1.69. The average molecular weight is 236 g/mol. The zero-order valence-corrected chi connectivity index (χ0v) is 9.54. The van der Waals surface area contributed by atoms with E-state index in [4.69, 9.17) is 16.6 Å². The smallest absolute Gasteiger partial charge is 0.363 e. The number of rotatable bonds is 6. The van der Waals surface area contributed by atoms with E-state index in [1.54, 1.807) is 6.26 Å². The molecule has 0 aromatic rings. The first-order chi connectivity index (χ1) is 6.83. The van der Waals surface area contributed by atoms with Crippen molar-refractivity contribution in [3.63, 3.8) is 0 Å².